The monoisotopic (exact) mass is 507 g/mol. The minimum Gasteiger partial charge on any atom is -0.493 e. The zero-order valence-electron chi connectivity index (χ0n) is 21.6. The number of nitrogens with zero attached hydrogens (tertiary/aromatic N) is 1. The SMILES string of the molecule is CCOc1cc2c(cc1OC)C(c1cccc(NC(=O)CNC(C)=O)c1)=NC1CCC(OC(C)=O)CC21. The second-order valence-corrected chi connectivity index (χ2v) is 9.26. The lowest BCUT2D eigenvalue weighted by Crippen LogP contribution is -2.36. The molecule has 9 nitrogen and oxygen atoms in total. The van der Waals surface area contributed by atoms with Crippen LogP contribution in [0.4, 0.5) is 5.69 Å². The zero-order chi connectivity index (χ0) is 26.5. The number of amides is 2. The number of aliphatic imine (C=N–C) groups is 1. The van der Waals surface area contributed by atoms with Gasteiger partial charge in [-0.3, -0.25) is 19.4 Å². The van der Waals surface area contributed by atoms with Crippen LogP contribution in [0, 0.1) is 0 Å². The largest absolute Gasteiger partial charge is 0.493 e. The van der Waals surface area contributed by atoms with E-state index >= 15 is 0 Å². The molecule has 2 amide bonds. The second kappa shape index (κ2) is 11.5. The van der Waals surface area contributed by atoms with E-state index in [-0.39, 0.29) is 42.4 Å². The van der Waals surface area contributed by atoms with Gasteiger partial charge in [-0.05, 0) is 56.0 Å². The lowest BCUT2D eigenvalue weighted by molar-refractivity contribution is -0.148. The van der Waals surface area contributed by atoms with Gasteiger partial charge in [0.1, 0.15) is 6.10 Å². The Labute approximate surface area is 216 Å². The number of benzene rings is 2. The van der Waals surface area contributed by atoms with Crippen LogP contribution in [-0.4, -0.2) is 55.9 Å². The molecule has 37 heavy (non-hydrogen) atoms. The number of carbonyl (C=O) groups excluding carboxylic acids is 3. The Morgan fingerprint density at radius 3 is 2.59 bits per heavy atom. The normalized spacial score (nSPS) is 20.0. The van der Waals surface area contributed by atoms with Crippen molar-refractivity contribution in [3.63, 3.8) is 0 Å². The van der Waals surface area contributed by atoms with Gasteiger partial charge in [-0.15, -0.1) is 0 Å². The van der Waals surface area contributed by atoms with Crippen LogP contribution < -0.4 is 20.1 Å². The molecule has 0 spiro atoms. The molecule has 2 N–H and O–H groups in total. The van der Waals surface area contributed by atoms with E-state index in [2.05, 4.69) is 10.6 Å². The summed E-state index contributed by atoms with van der Waals surface area (Å²) in [4.78, 5) is 40.2. The lowest BCUT2D eigenvalue weighted by atomic mass is 9.74. The van der Waals surface area contributed by atoms with Crippen molar-refractivity contribution in [3.05, 3.63) is 53.1 Å². The van der Waals surface area contributed by atoms with E-state index in [1.807, 2.05) is 37.3 Å². The van der Waals surface area contributed by atoms with Crippen molar-refractivity contribution in [2.45, 2.75) is 58.1 Å². The van der Waals surface area contributed by atoms with Crippen LogP contribution in [0.2, 0.25) is 0 Å². The Morgan fingerprint density at radius 1 is 1.08 bits per heavy atom. The van der Waals surface area contributed by atoms with Gasteiger partial charge >= 0.3 is 5.97 Å². The number of hydrogen-bond donors (Lipinski definition) is 2. The molecule has 1 aliphatic carbocycles. The van der Waals surface area contributed by atoms with Gasteiger partial charge < -0.3 is 24.8 Å². The topological polar surface area (TPSA) is 115 Å². The number of rotatable bonds is 8. The highest BCUT2D eigenvalue weighted by molar-refractivity contribution is 6.15. The first-order valence-corrected chi connectivity index (χ1v) is 12.5. The molecular weight excluding hydrogens is 474 g/mol. The maximum Gasteiger partial charge on any atom is 0.302 e. The van der Waals surface area contributed by atoms with E-state index in [0.29, 0.717) is 30.2 Å². The molecule has 2 aromatic rings. The fourth-order valence-corrected chi connectivity index (χ4v) is 5.08. The Bertz CT molecular complexity index is 1220. The summed E-state index contributed by atoms with van der Waals surface area (Å²) >= 11 is 0. The number of ether oxygens (including phenoxy) is 3. The maximum absolute atomic E-state index is 12.3. The summed E-state index contributed by atoms with van der Waals surface area (Å²) in [6.07, 6.45) is 2.07. The number of methoxy groups -OCH3 is 1. The van der Waals surface area contributed by atoms with Crippen LogP contribution >= 0.6 is 0 Å². The smallest absolute Gasteiger partial charge is 0.302 e. The van der Waals surface area contributed by atoms with E-state index in [1.54, 1.807) is 13.2 Å². The molecule has 9 heteroatoms. The number of carbonyl (C=O) groups is 3. The van der Waals surface area contributed by atoms with Crippen LogP contribution in [0.3, 0.4) is 0 Å². The van der Waals surface area contributed by atoms with Gasteiger partial charge in [-0.1, -0.05) is 12.1 Å². The van der Waals surface area contributed by atoms with Crippen LogP contribution in [0.5, 0.6) is 11.5 Å². The number of anilines is 1. The van der Waals surface area contributed by atoms with Crippen molar-refractivity contribution in [2.75, 3.05) is 25.6 Å². The van der Waals surface area contributed by atoms with Gasteiger partial charge in [0, 0.05) is 36.6 Å². The summed E-state index contributed by atoms with van der Waals surface area (Å²) in [6, 6.07) is 11.5. The van der Waals surface area contributed by atoms with Gasteiger partial charge in [-0.25, -0.2) is 0 Å². The molecule has 1 aliphatic heterocycles. The molecule has 196 valence electrons. The standard InChI is InChI=1S/C28H33N3O6/c1-5-36-26-13-21-22-12-20(37-17(3)33)9-10-24(22)31-28(23(21)14-25(26)35-4)18-7-6-8-19(11-18)30-27(34)15-29-16(2)32/h6-8,11,13-14,20,22,24H,5,9-10,12,15H2,1-4H3,(H,29,32)(H,30,34). The summed E-state index contributed by atoms with van der Waals surface area (Å²) in [6.45, 7) is 5.13. The average molecular weight is 508 g/mol. The second-order valence-electron chi connectivity index (χ2n) is 9.26. The predicted octanol–water partition coefficient (Wildman–Crippen LogP) is 3.59. The van der Waals surface area contributed by atoms with Crippen molar-refractivity contribution in [1.29, 1.82) is 0 Å². The Hall–Kier alpha value is -3.88. The van der Waals surface area contributed by atoms with Gasteiger partial charge in [0.25, 0.3) is 0 Å². The summed E-state index contributed by atoms with van der Waals surface area (Å²) in [5.74, 6) is 0.491. The molecule has 3 atom stereocenters. The molecule has 2 aliphatic rings. The molecule has 4 rings (SSSR count). The van der Waals surface area contributed by atoms with Crippen molar-refractivity contribution < 1.29 is 28.6 Å². The Kier molecular flexibility index (Phi) is 8.11. The van der Waals surface area contributed by atoms with Crippen LogP contribution in [0.1, 0.15) is 62.6 Å². The molecule has 0 saturated heterocycles. The third-order valence-corrected chi connectivity index (χ3v) is 6.60. The van der Waals surface area contributed by atoms with Crippen LogP contribution in [0.25, 0.3) is 0 Å². The molecule has 0 bridgehead atoms. The minimum atomic E-state index is -0.315. The number of nitrogens with one attached hydrogen (secondary N) is 2. The molecular formula is C28H33N3O6. The molecule has 0 aromatic heterocycles. The highest BCUT2D eigenvalue weighted by Crippen LogP contribution is 2.45. The summed E-state index contributed by atoms with van der Waals surface area (Å²) in [5.41, 5.74) is 4.27. The van der Waals surface area contributed by atoms with Gasteiger partial charge in [-0.2, -0.15) is 0 Å². The van der Waals surface area contributed by atoms with Crippen molar-refractivity contribution in [1.82, 2.24) is 5.32 Å². The molecule has 1 fully saturated rings. The maximum atomic E-state index is 12.3. The summed E-state index contributed by atoms with van der Waals surface area (Å²) in [5, 5.41) is 5.33. The van der Waals surface area contributed by atoms with Gasteiger partial charge in [0.2, 0.25) is 11.8 Å². The first-order valence-electron chi connectivity index (χ1n) is 12.5. The lowest BCUT2D eigenvalue weighted by Gasteiger charge is -2.38. The first-order chi connectivity index (χ1) is 17.8. The average Bonchev–Trinajstić information content (AvgIpc) is 2.86. The number of fused-ring (bicyclic) bond motifs is 3. The molecule has 1 saturated carbocycles. The van der Waals surface area contributed by atoms with E-state index in [9.17, 15) is 14.4 Å². The third-order valence-electron chi connectivity index (χ3n) is 6.60. The third kappa shape index (κ3) is 6.10. The zero-order valence-corrected chi connectivity index (χ0v) is 21.6. The van der Waals surface area contributed by atoms with Crippen molar-refractivity contribution in [3.8, 4) is 11.5 Å². The van der Waals surface area contributed by atoms with Gasteiger partial charge in [0.15, 0.2) is 11.5 Å². The fourth-order valence-electron chi connectivity index (χ4n) is 5.08. The van der Waals surface area contributed by atoms with E-state index in [4.69, 9.17) is 19.2 Å². The first kappa shape index (κ1) is 26.2. The quantitative estimate of drug-likeness (QED) is 0.528. The molecule has 0 radical (unpaired) electrons. The fraction of sp³-hybridized carbons (Fsp3) is 0.429. The number of esters is 1. The van der Waals surface area contributed by atoms with Gasteiger partial charge in [0.05, 0.1) is 32.0 Å². The summed E-state index contributed by atoms with van der Waals surface area (Å²) in [7, 11) is 1.61. The van der Waals surface area contributed by atoms with E-state index in [0.717, 1.165) is 35.2 Å². The van der Waals surface area contributed by atoms with Crippen LogP contribution in [-0.2, 0) is 19.1 Å². The van der Waals surface area contributed by atoms with Crippen LogP contribution in [0.15, 0.2) is 41.4 Å². The Morgan fingerprint density at radius 2 is 1.89 bits per heavy atom. The predicted molar refractivity (Wildman–Crippen MR) is 139 cm³/mol. The van der Waals surface area contributed by atoms with E-state index in [1.165, 1.54) is 13.8 Å². The minimum absolute atomic E-state index is 0.0233. The summed E-state index contributed by atoms with van der Waals surface area (Å²) < 4.78 is 17.1. The van der Waals surface area contributed by atoms with Crippen molar-refractivity contribution >= 4 is 29.2 Å². The molecule has 1 heterocycles. The highest BCUT2D eigenvalue weighted by atomic mass is 16.5. The number of hydrogen-bond acceptors (Lipinski definition) is 7. The highest BCUT2D eigenvalue weighted by Gasteiger charge is 2.38. The van der Waals surface area contributed by atoms with E-state index < -0.39 is 0 Å². The molecule has 3 unspecified atom stereocenters. The molecule has 2 aromatic carbocycles. The van der Waals surface area contributed by atoms with Crippen molar-refractivity contribution in [2.24, 2.45) is 4.99 Å². The Balaban J connectivity index is 1.72.